The average molecular weight is 224 g/mol. The van der Waals surface area contributed by atoms with Gasteiger partial charge in [-0.25, -0.2) is 13.1 Å². The van der Waals surface area contributed by atoms with Crippen LogP contribution in [0, 0.1) is 0 Å². The van der Waals surface area contributed by atoms with E-state index < -0.39 is 10.0 Å². The highest BCUT2D eigenvalue weighted by Crippen LogP contribution is 1.80. The van der Waals surface area contributed by atoms with Gasteiger partial charge in [0.1, 0.15) is 0 Å². The predicted octanol–water partition coefficient (Wildman–Crippen LogP) is -1.31. The van der Waals surface area contributed by atoms with E-state index in [1.54, 1.807) is 0 Å². The lowest BCUT2D eigenvalue weighted by atomic mass is 10.4. The van der Waals surface area contributed by atoms with Crippen molar-refractivity contribution < 1.29 is 17.9 Å². The molecule has 0 bridgehead atoms. The largest absolute Gasteiger partial charge is 0.469 e. The number of carbonyl (C=O) groups excluding carboxylic acids is 1. The highest BCUT2D eigenvalue weighted by atomic mass is 32.2. The van der Waals surface area contributed by atoms with Crippen LogP contribution in [0.15, 0.2) is 0 Å². The molecule has 0 aliphatic rings. The molecule has 84 valence electrons. The minimum atomic E-state index is -3.11. The Kier molecular flexibility index (Phi) is 6.43. The van der Waals surface area contributed by atoms with Gasteiger partial charge in [-0.2, -0.15) is 0 Å². The molecule has 0 rings (SSSR count). The quantitative estimate of drug-likeness (QED) is 0.414. The van der Waals surface area contributed by atoms with Crippen molar-refractivity contribution in [2.24, 2.45) is 0 Å². The third-order valence-electron chi connectivity index (χ3n) is 1.40. The number of rotatable bonds is 7. The summed E-state index contributed by atoms with van der Waals surface area (Å²) >= 11 is 0. The lowest BCUT2D eigenvalue weighted by Crippen LogP contribution is -2.32. The first-order chi connectivity index (χ1) is 6.45. The molecule has 0 aliphatic heterocycles. The molecule has 0 radical (unpaired) electrons. The third-order valence-corrected chi connectivity index (χ3v) is 2.13. The minimum absolute atomic E-state index is 0.284. The van der Waals surface area contributed by atoms with Gasteiger partial charge in [0.15, 0.2) is 0 Å². The molecule has 0 saturated heterocycles. The van der Waals surface area contributed by atoms with Gasteiger partial charge in [0.2, 0.25) is 10.0 Å². The van der Waals surface area contributed by atoms with Crippen LogP contribution >= 0.6 is 0 Å². The highest BCUT2D eigenvalue weighted by Gasteiger charge is 2.00. The first-order valence-electron chi connectivity index (χ1n) is 4.18. The molecule has 0 atom stereocenters. The van der Waals surface area contributed by atoms with Crippen molar-refractivity contribution in [3.63, 3.8) is 0 Å². The van der Waals surface area contributed by atoms with Crippen LogP contribution in [0.4, 0.5) is 0 Å². The fourth-order valence-corrected chi connectivity index (χ4v) is 1.22. The van der Waals surface area contributed by atoms with Crippen molar-refractivity contribution in [3.8, 4) is 0 Å². The maximum atomic E-state index is 10.6. The van der Waals surface area contributed by atoms with Crippen LogP contribution in [0.5, 0.6) is 0 Å². The van der Waals surface area contributed by atoms with E-state index in [1.807, 2.05) is 0 Å². The third kappa shape index (κ3) is 9.43. The van der Waals surface area contributed by atoms with Crippen molar-refractivity contribution in [2.45, 2.75) is 6.42 Å². The summed E-state index contributed by atoms with van der Waals surface area (Å²) in [7, 11) is -1.79. The fraction of sp³-hybridized carbons (Fsp3) is 0.857. The number of nitrogens with one attached hydrogen (secondary N) is 2. The van der Waals surface area contributed by atoms with Crippen molar-refractivity contribution in [1.82, 2.24) is 10.0 Å². The molecule has 0 unspecified atom stereocenters. The predicted molar refractivity (Wildman–Crippen MR) is 52.3 cm³/mol. The van der Waals surface area contributed by atoms with E-state index in [9.17, 15) is 13.2 Å². The van der Waals surface area contributed by atoms with Gasteiger partial charge in [-0.3, -0.25) is 4.79 Å². The summed E-state index contributed by atoms with van der Waals surface area (Å²) in [6.45, 7) is 1.29. The molecule has 6 nitrogen and oxygen atoms in total. The molecule has 7 heteroatoms. The van der Waals surface area contributed by atoms with Crippen LogP contribution in [0.25, 0.3) is 0 Å². The van der Waals surface area contributed by atoms with Crippen LogP contribution in [-0.2, 0) is 19.6 Å². The maximum absolute atomic E-state index is 10.6. The second-order valence-corrected chi connectivity index (χ2v) is 4.58. The highest BCUT2D eigenvalue weighted by molar-refractivity contribution is 7.88. The number of hydrogen-bond donors (Lipinski definition) is 2. The van der Waals surface area contributed by atoms with Crippen LogP contribution in [0.1, 0.15) is 6.42 Å². The van der Waals surface area contributed by atoms with Gasteiger partial charge in [-0.1, -0.05) is 0 Å². The van der Waals surface area contributed by atoms with Gasteiger partial charge in [-0.15, -0.1) is 0 Å². The number of ether oxygens (including phenoxy) is 1. The molecule has 0 aliphatic carbocycles. The van der Waals surface area contributed by atoms with Gasteiger partial charge >= 0.3 is 5.97 Å². The molecular formula is C7H16N2O4S. The standard InChI is InChI=1S/C7H16N2O4S/c1-13-7(10)3-4-8-5-6-9-14(2,11)12/h8-9H,3-6H2,1-2H3. The molecule has 0 saturated carbocycles. The van der Waals surface area contributed by atoms with Crippen LogP contribution in [0.3, 0.4) is 0 Å². The molecule has 0 aromatic rings. The monoisotopic (exact) mass is 224 g/mol. The van der Waals surface area contributed by atoms with Gasteiger partial charge in [0.25, 0.3) is 0 Å². The number of carbonyl (C=O) groups is 1. The number of hydrogen-bond acceptors (Lipinski definition) is 5. The summed E-state index contributed by atoms with van der Waals surface area (Å²) in [5.41, 5.74) is 0. The van der Waals surface area contributed by atoms with Gasteiger partial charge < -0.3 is 10.1 Å². The van der Waals surface area contributed by atoms with Gasteiger partial charge in [0.05, 0.1) is 19.8 Å². The lowest BCUT2D eigenvalue weighted by Gasteiger charge is -2.04. The molecular weight excluding hydrogens is 208 g/mol. The zero-order valence-electron chi connectivity index (χ0n) is 8.37. The lowest BCUT2D eigenvalue weighted by molar-refractivity contribution is -0.140. The Bertz CT molecular complexity index is 263. The van der Waals surface area contributed by atoms with Gasteiger partial charge in [0, 0.05) is 19.6 Å². The molecule has 0 aromatic heterocycles. The summed E-state index contributed by atoms with van der Waals surface area (Å²) in [5.74, 6) is -0.284. The van der Waals surface area contributed by atoms with Gasteiger partial charge in [-0.05, 0) is 0 Å². The first-order valence-corrected chi connectivity index (χ1v) is 6.07. The summed E-state index contributed by atoms with van der Waals surface area (Å²) < 4.78 is 27.9. The average Bonchev–Trinajstić information content (AvgIpc) is 2.08. The number of methoxy groups -OCH3 is 1. The Hall–Kier alpha value is -0.660. The summed E-state index contributed by atoms with van der Waals surface area (Å²) in [4.78, 5) is 10.6. The summed E-state index contributed by atoms with van der Waals surface area (Å²) in [6, 6.07) is 0. The topological polar surface area (TPSA) is 84.5 Å². The molecule has 2 N–H and O–H groups in total. The van der Waals surface area contributed by atoms with E-state index in [1.165, 1.54) is 7.11 Å². The van der Waals surface area contributed by atoms with Crippen LogP contribution in [0.2, 0.25) is 0 Å². The Labute approximate surface area is 84.1 Å². The van der Waals surface area contributed by atoms with Crippen LogP contribution in [-0.4, -0.2) is 47.4 Å². The Morgan fingerprint density at radius 3 is 2.43 bits per heavy atom. The van der Waals surface area contributed by atoms with E-state index in [0.717, 1.165) is 6.26 Å². The van der Waals surface area contributed by atoms with E-state index in [2.05, 4.69) is 14.8 Å². The smallest absolute Gasteiger partial charge is 0.306 e. The molecule has 0 heterocycles. The van der Waals surface area contributed by atoms with E-state index in [-0.39, 0.29) is 12.4 Å². The number of esters is 1. The Balaban J connectivity index is 3.27. The maximum Gasteiger partial charge on any atom is 0.306 e. The summed E-state index contributed by atoms with van der Waals surface area (Å²) in [5, 5.41) is 2.90. The van der Waals surface area contributed by atoms with E-state index >= 15 is 0 Å². The minimum Gasteiger partial charge on any atom is -0.469 e. The fourth-order valence-electron chi connectivity index (χ4n) is 0.742. The van der Waals surface area contributed by atoms with E-state index in [4.69, 9.17) is 0 Å². The normalized spacial score (nSPS) is 11.3. The zero-order valence-corrected chi connectivity index (χ0v) is 9.19. The zero-order chi connectivity index (χ0) is 11.0. The van der Waals surface area contributed by atoms with Crippen molar-refractivity contribution >= 4 is 16.0 Å². The molecule has 0 amide bonds. The second kappa shape index (κ2) is 6.74. The second-order valence-electron chi connectivity index (χ2n) is 2.74. The van der Waals surface area contributed by atoms with Crippen molar-refractivity contribution in [1.29, 1.82) is 0 Å². The Morgan fingerprint density at radius 2 is 1.93 bits per heavy atom. The SMILES string of the molecule is COC(=O)CCNCCNS(C)(=O)=O. The van der Waals surface area contributed by atoms with Crippen molar-refractivity contribution in [3.05, 3.63) is 0 Å². The molecule has 0 fully saturated rings. The van der Waals surface area contributed by atoms with Crippen molar-refractivity contribution in [2.75, 3.05) is 33.0 Å². The number of sulfonamides is 1. The molecule has 0 aromatic carbocycles. The van der Waals surface area contributed by atoms with E-state index in [0.29, 0.717) is 19.6 Å². The molecule has 14 heavy (non-hydrogen) atoms. The molecule has 0 spiro atoms. The first kappa shape index (κ1) is 13.3. The summed E-state index contributed by atoms with van der Waals surface area (Å²) in [6.07, 6.45) is 1.39. The van der Waals surface area contributed by atoms with Crippen LogP contribution < -0.4 is 10.0 Å². The Morgan fingerprint density at radius 1 is 1.29 bits per heavy atom.